The van der Waals surface area contributed by atoms with Crippen LogP contribution < -0.4 is 4.74 Å². The number of hydrogen-bond donors (Lipinski definition) is 0. The Morgan fingerprint density at radius 1 is 0.976 bits per heavy atom. The molecule has 2 saturated carbocycles. The van der Waals surface area contributed by atoms with Crippen molar-refractivity contribution in [2.75, 3.05) is 26.4 Å². The van der Waals surface area contributed by atoms with E-state index in [-0.39, 0.29) is 16.6 Å². The van der Waals surface area contributed by atoms with Crippen LogP contribution in [0.4, 0.5) is 0 Å². The van der Waals surface area contributed by atoms with Gasteiger partial charge in [0, 0.05) is 17.8 Å². The van der Waals surface area contributed by atoms with Crippen LogP contribution in [0, 0.1) is 17.3 Å². The van der Waals surface area contributed by atoms with E-state index in [0.717, 1.165) is 25.0 Å². The summed E-state index contributed by atoms with van der Waals surface area (Å²) in [5.74, 6) is 2.04. The van der Waals surface area contributed by atoms with Crippen molar-refractivity contribution in [3.63, 3.8) is 0 Å². The molecule has 1 spiro atoms. The second-order valence-electron chi connectivity index (χ2n) is 14.6. The van der Waals surface area contributed by atoms with Gasteiger partial charge in [-0.1, -0.05) is 64.1 Å². The molecule has 6 heteroatoms. The van der Waals surface area contributed by atoms with Gasteiger partial charge in [-0.3, -0.25) is 0 Å². The van der Waals surface area contributed by atoms with Crippen LogP contribution >= 0.6 is 0 Å². The summed E-state index contributed by atoms with van der Waals surface area (Å²) in [7, 11) is -1.82. The third-order valence-corrected chi connectivity index (χ3v) is 15.9. The summed E-state index contributed by atoms with van der Waals surface area (Å²) in [6.45, 7) is 17.3. The average Bonchev–Trinajstić information content (AvgIpc) is 3.54. The summed E-state index contributed by atoms with van der Waals surface area (Å²) in [5.41, 5.74) is 4.04. The third kappa shape index (κ3) is 5.33. The van der Waals surface area contributed by atoms with Gasteiger partial charge in [0.1, 0.15) is 12.4 Å². The quantitative estimate of drug-likeness (QED) is 0.236. The van der Waals surface area contributed by atoms with Crippen LogP contribution in [0.25, 0.3) is 0 Å². The van der Waals surface area contributed by atoms with Crippen molar-refractivity contribution in [3.8, 4) is 5.75 Å². The van der Waals surface area contributed by atoms with Crippen molar-refractivity contribution in [3.05, 3.63) is 65.2 Å². The zero-order chi connectivity index (χ0) is 28.9. The second-order valence-corrected chi connectivity index (χ2v) is 19.4. The predicted octanol–water partition coefficient (Wildman–Crippen LogP) is 7.88. The standard InChI is InChI=1S/C35H50O5Si/c1-33(2,3)41(5,6)40-21-18-36-31-23-34(4)30(16-17-35(34)38-19-20-39-35)29-14-12-26-22-27(13-15-28(26)32(29)31)37-24-25-10-8-7-9-11-25/h7-11,13,15,22,29-32H,12,14,16-21,23-24H2,1-6H3/t29-,30-,31-,32+,34-/m0/s1. The lowest BCUT2D eigenvalue weighted by molar-refractivity contribution is -0.250. The number of aryl methyl sites for hydroxylation is 1. The third-order valence-electron chi connectivity index (χ3n) is 11.4. The molecule has 2 aromatic rings. The maximum Gasteiger partial charge on any atom is 0.192 e. The van der Waals surface area contributed by atoms with Gasteiger partial charge >= 0.3 is 0 Å². The Balaban J connectivity index is 1.23. The highest BCUT2D eigenvalue weighted by atomic mass is 28.4. The monoisotopic (exact) mass is 578 g/mol. The molecule has 224 valence electrons. The molecular formula is C35H50O5Si. The number of fused-ring (bicyclic) bond motifs is 6. The molecule has 1 heterocycles. The zero-order valence-electron chi connectivity index (χ0n) is 26.0. The Kier molecular flexibility index (Phi) is 7.95. The molecule has 1 saturated heterocycles. The molecule has 1 aliphatic heterocycles. The molecule has 4 aliphatic rings. The number of benzene rings is 2. The Morgan fingerprint density at radius 3 is 2.46 bits per heavy atom. The maximum atomic E-state index is 6.88. The van der Waals surface area contributed by atoms with E-state index in [1.165, 1.54) is 29.5 Å². The van der Waals surface area contributed by atoms with E-state index in [9.17, 15) is 0 Å². The average molecular weight is 579 g/mol. The van der Waals surface area contributed by atoms with E-state index < -0.39 is 14.1 Å². The topological polar surface area (TPSA) is 46.2 Å². The smallest absolute Gasteiger partial charge is 0.192 e. The molecule has 41 heavy (non-hydrogen) atoms. The molecule has 2 aromatic carbocycles. The summed E-state index contributed by atoms with van der Waals surface area (Å²) in [4.78, 5) is 0. The fraction of sp³-hybridized carbons (Fsp3) is 0.657. The molecule has 5 nitrogen and oxygen atoms in total. The Morgan fingerprint density at radius 2 is 1.73 bits per heavy atom. The first-order valence-electron chi connectivity index (χ1n) is 15.9. The number of rotatable bonds is 8. The molecule has 3 aliphatic carbocycles. The van der Waals surface area contributed by atoms with Crippen LogP contribution in [-0.4, -0.2) is 46.6 Å². The summed E-state index contributed by atoms with van der Waals surface area (Å²) < 4.78 is 32.5. The van der Waals surface area contributed by atoms with Gasteiger partial charge in [0.15, 0.2) is 14.1 Å². The zero-order valence-corrected chi connectivity index (χ0v) is 27.0. The molecule has 0 amide bonds. The highest BCUT2D eigenvalue weighted by molar-refractivity contribution is 6.74. The summed E-state index contributed by atoms with van der Waals surface area (Å²) >= 11 is 0. The van der Waals surface area contributed by atoms with Crippen molar-refractivity contribution >= 4 is 8.32 Å². The maximum absolute atomic E-state index is 6.88. The highest BCUT2D eigenvalue weighted by Crippen LogP contribution is 2.66. The largest absolute Gasteiger partial charge is 0.489 e. The fourth-order valence-electron chi connectivity index (χ4n) is 8.19. The number of ether oxygens (including phenoxy) is 4. The first kappa shape index (κ1) is 29.4. The lowest BCUT2D eigenvalue weighted by Gasteiger charge is -2.55. The molecule has 5 atom stereocenters. The van der Waals surface area contributed by atoms with Crippen LogP contribution in [0.3, 0.4) is 0 Å². The normalized spacial score (nSPS) is 30.6. The van der Waals surface area contributed by atoms with E-state index >= 15 is 0 Å². The SMILES string of the molecule is CC(C)(C)[Si](C)(C)OCCO[C@H]1C[C@@]2(C)[C@@H](CCC23OCCO3)[C@@H]2CCc3cc(OCc4ccccc4)ccc3[C@H]21. The highest BCUT2D eigenvalue weighted by Gasteiger charge is 2.67. The first-order valence-corrected chi connectivity index (χ1v) is 18.8. The van der Waals surface area contributed by atoms with E-state index in [2.05, 4.69) is 83.3 Å². The summed E-state index contributed by atoms with van der Waals surface area (Å²) in [5, 5.41) is 0.194. The molecule has 0 aromatic heterocycles. The molecule has 0 radical (unpaired) electrons. The Labute approximate surface area is 248 Å². The lowest BCUT2D eigenvalue weighted by Crippen LogP contribution is -2.56. The van der Waals surface area contributed by atoms with Gasteiger partial charge in [0.2, 0.25) is 0 Å². The second kappa shape index (κ2) is 11.1. The molecule has 6 rings (SSSR count). The van der Waals surface area contributed by atoms with Gasteiger partial charge in [-0.25, -0.2) is 0 Å². The predicted molar refractivity (Wildman–Crippen MR) is 165 cm³/mol. The summed E-state index contributed by atoms with van der Waals surface area (Å²) in [6.07, 6.45) is 5.51. The van der Waals surface area contributed by atoms with Gasteiger partial charge in [-0.15, -0.1) is 0 Å². The Bertz CT molecular complexity index is 1200. The van der Waals surface area contributed by atoms with Crippen molar-refractivity contribution < 1.29 is 23.4 Å². The van der Waals surface area contributed by atoms with E-state index in [4.69, 9.17) is 23.4 Å². The van der Waals surface area contributed by atoms with Gasteiger partial charge in [-0.2, -0.15) is 0 Å². The fourth-order valence-corrected chi connectivity index (χ4v) is 9.22. The minimum atomic E-state index is -1.82. The van der Waals surface area contributed by atoms with Gasteiger partial charge in [0.25, 0.3) is 0 Å². The van der Waals surface area contributed by atoms with Crippen LogP contribution in [0.2, 0.25) is 18.1 Å². The van der Waals surface area contributed by atoms with E-state index in [0.29, 0.717) is 50.8 Å². The van der Waals surface area contributed by atoms with Crippen molar-refractivity contribution in [2.24, 2.45) is 17.3 Å². The minimum absolute atomic E-state index is 0.0359. The summed E-state index contributed by atoms with van der Waals surface area (Å²) in [6, 6.07) is 17.2. The first-order chi connectivity index (χ1) is 19.5. The van der Waals surface area contributed by atoms with Crippen molar-refractivity contribution in [2.45, 2.75) is 102 Å². The van der Waals surface area contributed by atoms with E-state index in [1.807, 2.05) is 6.07 Å². The molecular weight excluding hydrogens is 528 g/mol. The van der Waals surface area contributed by atoms with Crippen LogP contribution in [0.1, 0.15) is 76.0 Å². The van der Waals surface area contributed by atoms with Crippen LogP contribution in [0.15, 0.2) is 48.5 Å². The van der Waals surface area contributed by atoms with Crippen molar-refractivity contribution in [1.82, 2.24) is 0 Å². The molecule has 0 N–H and O–H groups in total. The lowest BCUT2D eigenvalue weighted by atomic mass is 9.53. The van der Waals surface area contributed by atoms with Crippen molar-refractivity contribution in [1.29, 1.82) is 0 Å². The Hall–Kier alpha value is -1.70. The van der Waals surface area contributed by atoms with Gasteiger partial charge in [0.05, 0.1) is 32.5 Å². The number of hydrogen-bond acceptors (Lipinski definition) is 5. The molecule has 0 bridgehead atoms. The molecule has 0 unspecified atom stereocenters. The van der Waals surface area contributed by atoms with E-state index in [1.54, 1.807) is 0 Å². The van der Waals surface area contributed by atoms with Crippen LogP contribution in [-0.2, 0) is 31.7 Å². The van der Waals surface area contributed by atoms with Gasteiger partial charge in [-0.05, 0) is 84.5 Å². The molecule has 3 fully saturated rings. The van der Waals surface area contributed by atoms with Gasteiger partial charge < -0.3 is 23.4 Å². The van der Waals surface area contributed by atoms with Crippen LogP contribution in [0.5, 0.6) is 5.75 Å². The minimum Gasteiger partial charge on any atom is -0.489 e.